The minimum absolute atomic E-state index is 0.0847. The zero-order valence-corrected chi connectivity index (χ0v) is 28.4. The molecule has 0 spiro atoms. The fraction of sp³-hybridized carbons (Fsp3) is 0.0833. The molecule has 252 valence electrons. The van der Waals surface area contributed by atoms with Crippen molar-refractivity contribution in [3.8, 4) is 16.9 Å². The van der Waals surface area contributed by atoms with Crippen molar-refractivity contribution < 1.29 is 17.9 Å². The van der Waals surface area contributed by atoms with E-state index >= 15 is 0 Å². The summed E-state index contributed by atoms with van der Waals surface area (Å²) in [6.07, 6.45) is -4.47. The predicted molar refractivity (Wildman–Crippen MR) is 204 cm³/mol. The quantitative estimate of drug-likeness (QED) is 0.164. The molecule has 52 heavy (non-hydrogen) atoms. The lowest BCUT2D eigenvalue weighted by atomic mass is 9.55. The molecule has 4 heteroatoms. The molecule has 8 aromatic carbocycles. The molecule has 0 fully saturated rings. The summed E-state index contributed by atoms with van der Waals surface area (Å²) in [5.41, 5.74) is 7.67. The first-order valence-corrected chi connectivity index (χ1v) is 17.4. The van der Waals surface area contributed by atoms with Gasteiger partial charge in [-0.25, -0.2) is 0 Å². The van der Waals surface area contributed by atoms with Crippen LogP contribution in [0, 0.1) is 0 Å². The Kier molecular flexibility index (Phi) is 7.51. The highest BCUT2D eigenvalue weighted by molar-refractivity contribution is 6.11. The largest absolute Gasteiger partial charge is 0.497 e. The van der Waals surface area contributed by atoms with Gasteiger partial charge in [-0.05, 0) is 102 Å². The highest BCUT2D eigenvalue weighted by Crippen LogP contribution is 2.59. The summed E-state index contributed by atoms with van der Waals surface area (Å²) in [5, 5.41) is 4.20. The molecule has 0 N–H and O–H groups in total. The number of hydrogen-bond donors (Lipinski definition) is 0. The zero-order chi connectivity index (χ0) is 35.5. The molecule has 0 heterocycles. The normalized spacial score (nSPS) is 16.7. The van der Waals surface area contributed by atoms with Crippen LogP contribution >= 0.6 is 0 Å². The van der Waals surface area contributed by atoms with Crippen molar-refractivity contribution in [2.45, 2.75) is 17.5 Å². The molecule has 9 rings (SSSR count). The SMILES string of the molecule is COc1ccc(-c2cccc3cc4ccccc4c(C4(c5ccc(C(F)(F)F)cc5)c5ccccc5C(c5ccccc5)c5ccccc54)c23)cc1. The second kappa shape index (κ2) is 12.3. The third kappa shape index (κ3) is 4.85. The summed E-state index contributed by atoms with van der Waals surface area (Å²) in [4.78, 5) is 0. The molecular weight excluding hydrogens is 650 g/mol. The Bertz CT molecular complexity index is 2540. The summed E-state index contributed by atoms with van der Waals surface area (Å²) in [6, 6.07) is 58.5. The van der Waals surface area contributed by atoms with Gasteiger partial charge in [0.05, 0.1) is 18.1 Å². The first kappa shape index (κ1) is 31.8. The number of rotatable bonds is 5. The van der Waals surface area contributed by atoms with Crippen LogP contribution in [0.1, 0.15) is 50.4 Å². The van der Waals surface area contributed by atoms with Gasteiger partial charge in [0.15, 0.2) is 0 Å². The standard InChI is InChI=1S/C48H33F3O/c1-52-37-28-22-31(23-29-37)38-19-11-15-34-30-33-14-5-6-16-39(33)46(45(34)38)47(35-24-26-36(27-25-35)48(49,50)51)42-20-9-7-17-40(42)44(32-12-3-2-4-13-32)41-18-8-10-21-43(41)47/h2-30,44H,1H3. The molecule has 0 aromatic heterocycles. The lowest BCUT2D eigenvalue weighted by Gasteiger charge is -2.46. The van der Waals surface area contributed by atoms with Gasteiger partial charge in [0, 0.05) is 5.92 Å². The van der Waals surface area contributed by atoms with Crippen LogP contribution in [0.2, 0.25) is 0 Å². The Hall–Kier alpha value is -6.13. The fourth-order valence-corrected chi connectivity index (χ4v) is 8.65. The summed E-state index contributed by atoms with van der Waals surface area (Å²) >= 11 is 0. The van der Waals surface area contributed by atoms with Crippen molar-refractivity contribution in [2.24, 2.45) is 0 Å². The van der Waals surface area contributed by atoms with Crippen LogP contribution < -0.4 is 4.74 Å². The topological polar surface area (TPSA) is 9.23 Å². The number of halogens is 3. The minimum Gasteiger partial charge on any atom is -0.497 e. The number of fused-ring (bicyclic) bond motifs is 4. The van der Waals surface area contributed by atoms with Crippen molar-refractivity contribution in [3.05, 3.63) is 220 Å². The molecule has 1 aliphatic carbocycles. The zero-order valence-electron chi connectivity index (χ0n) is 28.4. The average molecular weight is 683 g/mol. The molecule has 1 nitrogen and oxygen atoms in total. The van der Waals surface area contributed by atoms with Crippen LogP contribution in [0.4, 0.5) is 13.2 Å². The second-order valence-electron chi connectivity index (χ2n) is 13.4. The smallest absolute Gasteiger partial charge is 0.416 e. The van der Waals surface area contributed by atoms with Crippen molar-refractivity contribution in [3.63, 3.8) is 0 Å². The Balaban J connectivity index is 1.51. The lowest BCUT2D eigenvalue weighted by molar-refractivity contribution is -0.137. The van der Waals surface area contributed by atoms with Crippen LogP contribution in [0.25, 0.3) is 32.7 Å². The predicted octanol–water partition coefficient (Wildman–Crippen LogP) is 12.6. The molecule has 0 aliphatic heterocycles. The monoisotopic (exact) mass is 682 g/mol. The van der Waals surface area contributed by atoms with E-state index in [1.807, 2.05) is 24.3 Å². The van der Waals surface area contributed by atoms with Crippen LogP contribution in [0.15, 0.2) is 176 Å². The first-order valence-electron chi connectivity index (χ1n) is 17.4. The van der Waals surface area contributed by atoms with E-state index in [-0.39, 0.29) is 5.92 Å². The van der Waals surface area contributed by atoms with Gasteiger partial charge in [-0.2, -0.15) is 13.2 Å². The maximum absolute atomic E-state index is 14.2. The molecule has 8 aromatic rings. The number of alkyl halides is 3. The maximum Gasteiger partial charge on any atom is 0.416 e. The van der Waals surface area contributed by atoms with Gasteiger partial charge >= 0.3 is 6.18 Å². The average Bonchev–Trinajstić information content (AvgIpc) is 3.19. The lowest BCUT2D eigenvalue weighted by Crippen LogP contribution is -2.38. The van der Waals surface area contributed by atoms with E-state index in [1.165, 1.54) is 12.1 Å². The van der Waals surface area contributed by atoms with Gasteiger partial charge in [-0.1, -0.05) is 146 Å². The molecule has 0 saturated carbocycles. The maximum atomic E-state index is 14.2. The van der Waals surface area contributed by atoms with E-state index in [0.29, 0.717) is 0 Å². The molecule has 0 bridgehead atoms. The first-order chi connectivity index (χ1) is 25.4. The molecule has 0 unspecified atom stereocenters. The van der Waals surface area contributed by atoms with Gasteiger partial charge < -0.3 is 4.74 Å². The van der Waals surface area contributed by atoms with Gasteiger partial charge in [0.25, 0.3) is 0 Å². The summed E-state index contributed by atoms with van der Waals surface area (Å²) in [6.45, 7) is 0. The highest BCUT2D eigenvalue weighted by Gasteiger charge is 2.48. The Morgan fingerprint density at radius 2 is 1.15 bits per heavy atom. The number of ether oxygens (including phenoxy) is 1. The van der Waals surface area contributed by atoms with Gasteiger partial charge in [0.2, 0.25) is 0 Å². The fourth-order valence-electron chi connectivity index (χ4n) is 8.65. The van der Waals surface area contributed by atoms with E-state index in [9.17, 15) is 13.2 Å². The number of hydrogen-bond acceptors (Lipinski definition) is 1. The van der Waals surface area contributed by atoms with Crippen molar-refractivity contribution in [1.29, 1.82) is 0 Å². The van der Waals surface area contributed by atoms with E-state index < -0.39 is 17.2 Å². The molecular formula is C48H33F3O. The number of benzene rings is 8. The van der Waals surface area contributed by atoms with Crippen LogP contribution in [-0.2, 0) is 11.6 Å². The Morgan fingerprint density at radius 1 is 0.558 bits per heavy atom. The van der Waals surface area contributed by atoms with Crippen LogP contribution in [-0.4, -0.2) is 7.11 Å². The summed E-state index contributed by atoms with van der Waals surface area (Å²) < 4.78 is 48.1. The van der Waals surface area contributed by atoms with Gasteiger partial charge in [0.1, 0.15) is 5.75 Å². The van der Waals surface area contributed by atoms with Gasteiger partial charge in [-0.3, -0.25) is 0 Å². The minimum atomic E-state index is -4.47. The Labute approximate surface area is 300 Å². The number of methoxy groups -OCH3 is 1. The van der Waals surface area contributed by atoms with E-state index in [1.54, 1.807) is 19.2 Å². The van der Waals surface area contributed by atoms with E-state index in [0.717, 1.165) is 77.4 Å². The van der Waals surface area contributed by atoms with Crippen LogP contribution in [0.5, 0.6) is 5.75 Å². The summed E-state index contributed by atoms with van der Waals surface area (Å²) in [5.74, 6) is 0.677. The van der Waals surface area contributed by atoms with E-state index in [2.05, 4.69) is 127 Å². The third-order valence-corrected chi connectivity index (χ3v) is 10.8. The Morgan fingerprint density at radius 3 is 1.81 bits per heavy atom. The van der Waals surface area contributed by atoms with Crippen molar-refractivity contribution in [1.82, 2.24) is 0 Å². The van der Waals surface area contributed by atoms with Crippen molar-refractivity contribution >= 4 is 21.5 Å². The van der Waals surface area contributed by atoms with Gasteiger partial charge in [-0.15, -0.1) is 0 Å². The van der Waals surface area contributed by atoms with Crippen molar-refractivity contribution in [2.75, 3.05) is 7.11 Å². The molecule has 0 radical (unpaired) electrons. The van der Waals surface area contributed by atoms with E-state index in [4.69, 9.17) is 4.74 Å². The molecule has 1 aliphatic rings. The second-order valence-corrected chi connectivity index (χ2v) is 13.4. The third-order valence-electron chi connectivity index (χ3n) is 10.8. The molecule has 0 amide bonds. The molecule has 0 atom stereocenters. The highest BCUT2D eigenvalue weighted by atomic mass is 19.4. The van der Waals surface area contributed by atoms with Crippen LogP contribution in [0.3, 0.4) is 0 Å². The summed E-state index contributed by atoms with van der Waals surface area (Å²) in [7, 11) is 1.66. The molecule has 0 saturated heterocycles.